The minimum atomic E-state index is 0.00344. The van der Waals surface area contributed by atoms with Crippen molar-refractivity contribution in [2.75, 3.05) is 14.2 Å². The lowest BCUT2D eigenvalue weighted by atomic mass is 9.78. The van der Waals surface area contributed by atoms with Crippen LogP contribution in [0.3, 0.4) is 0 Å². The molecule has 1 aliphatic carbocycles. The lowest BCUT2D eigenvalue weighted by molar-refractivity contribution is -0.0655. The molecule has 1 saturated carbocycles. The van der Waals surface area contributed by atoms with Gasteiger partial charge in [0.1, 0.15) is 0 Å². The van der Waals surface area contributed by atoms with Crippen LogP contribution in [0.15, 0.2) is 12.1 Å². The first kappa shape index (κ1) is 14.3. The van der Waals surface area contributed by atoms with E-state index in [9.17, 15) is 0 Å². The van der Waals surface area contributed by atoms with E-state index in [1.54, 1.807) is 11.3 Å². The zero-order chi connectivity index (χ0) is 13.0. The normalized spacial score (nSPS) is 20.8. The maximum absolute atomic E-state index is 6.01. The topological polar surface area (TPSA) is 21.3 Å². The molecule has 0 radical (unpaired) electrons. The lowest BCUT2D eigenvalue weighted by Gasteiger charge is -2.42. The minimum absolute atomic E-state index is 0.00344. The van der Waals surface area contributed by atoms with E-state index in [4.69, 9.17) is 16.3 Å². The van der Waals surface area contributed by atoms with Crippen molar-refractivity contribution in [2.24, 2.45) is 0 Å². The number of nitrogens with one attached hydrogen (secondary N) is 1. The van der Waals surface area contributed by atoms with Gasteiger partial charge in [-0.25, -0.2) is 0 Å². The highest BCUT2D eigenvalue weighted by atomic mass is 35.5. The Kier molecular flexibility index (Phi) is 5.07. The molecule has 2 nitrogen and oxygen atoms in total. The van der Waals surface area contributed by atoms with Crippen LogP contribution in [-0.4, -0.2) is 25.8 Å². The van der Waals surface area contributed by atoms with Crippen LogP contribution in [0.25, 0.3) is 0 Å². The Labute approximate surface area is 119 Å². The van der Waals surface area contributed by atoms with Gasteiger partial charge in [-0.3, -0.25) is 0 Å². The third-order valence-corrected chi connectivity index (χ3v) is 5.38. The van der Waals surface area contributed by atoms with Gasteiger partial charge in [0.15, 0.2) is 0 Å². The van der Waals surface area contributed by atoms with Crippen molar-refractivity contribution in [3.8, 4) is 0 Å². The van der Waals surface area contributed by atoms with Crippen LogP contribution < -0.4 is 5.32 Å². The van der Waals surface area contributed by atoms with Crippen molar-refractivity contribution in [3.63, 3.8) is 0 Å². The van der Waals surface area contributed by atoms with E-state index in [1.807, 2.05) is 20.2 Å². The summed E-state index contributed by atoms with van der Waals surface area (Å²) in [4.78, 5) is 1.33. The smallest absolute Gasteiger partial charge is 0.0931 e. The number of rotatable bonds is 5. The van der Waals surface area contributed by atoms with E-state index in [-0.39, 0.29) is 5.60 Å². The molecular weight excluding hydrogens is 266 g/mol. The van der Waals surface area contributed by atoms with Crippen molar-refractivity contribution in [3.05, 3.63) is 21.3 Å². The average Bonchev–Trinajstić information content (AvgIpc) is 2.82. The first-order chi connectivity index (χ1) is 8.70. The average molecular weight is 288 g/mol. The van der Waals surface area contributed by atoms with Crippen molar-refractivity contribution < 1.29 is 4.74 Å². The second kappa shape index (κ2) is 6.38. The highest BCUT2D eigenvalue weighted by molar-refractivity contribution is 7.16. The number of hydrogen-bond acceptors (Lipinski definition) is 3. The summed E-state index contributed by atoms with van der Waals surface area (Å²) >= 11 is 7.68. The van der Waals surface area contributed by atoms with E-state index >= 15 is 0 Å². The molecule has 1 heterocycles. The Balaban J connectivity index is 2.10. The quantitative estimate of drug-likeness (QED) is 0.887. The summed E-state index contributed by atoms with van der Waals surface area (Å²) in [6, 6.07) is 4.48. The monoisotopic (exact) mass is 287 g/mol. The molecule has 4 heteroatoms. The molecule has 0 amide bonds. The Hall–Kier alpha value is -0.0900. The molecule has 1 unspecified atom stereocenters. The Morgan fingerprint density at radius 3 is 2.61 bits per heavy atom. The number of methoxy groups -OCH3 is 1. The van der Waals surface area contributed by atoms with Gasteiger partial charge in [0, 0.05) is 18.0 Å². The summed E-state index contributed by atoms with van der Waals surface area (Å²) < 4.78 is 6.79. The van der Waals surface area contributed by atoms with Crippen molar-refractivity contribution >= 4 is 22.9 Å². The molecule has 1 aromatic heterocycles. The van der Waals surface area contributed by atoms with Gasteiger partial charge in [0.2, 0.25) is 0 Å². The third kappa shape index (κ3) is 3.08. The molecule has 1 atom stereocenters. The first-order valence-electron chi connectivity index (χ1n) is 6.67. The molecule has 18 heavy (non-hydrogen) atoms. The van der Waals surface area contributed by atoms with Gasteiger partial charge in [-0.1, -0.05) is 30.9 Å². The number of hydrogen-bond donors (Lipinski definition) is 1. The van der Waals surface area contributed by atoms with Crippen LogP contribution in [0.1, 0.15) is 37.0 Å². The van der Waals surface area contributed by atoms with Crippen LogP contribution >= 0.6 is 22.9 Å². The van der Waals surface area contributed by atoms with E-state index in [2.05, 4.69) is 11.4 Å². The van der Waals surface area contributed by atoms with Gasteiger partial charge in [-0.05, 0) is 38.4 Å². The molecule has 1 aliphatic rings. The molecule has 0 spiro atoms. The molecule has 102 valence electrons. The van der Waals surface area contributed by atoms with Gasteiger partial charge in [-0.15, -0.1) is 11.3 Å². The molecule has 0 aliphatic heterocycles. The molecular formula is C14H22ClNOS. The SMILES string of the molecule is CNC(Cc1ccc(Cl)s1)C1(OC)CCCCC1. The number of halogens is 1. The standard InChI is InChI=1S/C14H22ClNOS/c1-16-12(10-11-6-7-13(15)18-11)14(17-2)8-4-3-5-9-14/h6-7,12,16H,3-5,8-10H2,1-2H3. The van der Waals surface area contributed by atoms with Crippen LogP contribution in [0.5, 0.6) is 0 Å². The highest BCUT2D eigenvalue weighted by Gasteiger charge is 2.39. The van der Waals surface area contributed by atoms with Crippen LogP contribution in [-0.2, 0) is 11.2 Å². The van der Waals surface area contributed by atoms with Crippen LogP contribution in [0.4, 0.5) is 0 Å². The fourth-order valence-corrected chi connectivity index (χ4v) is 4.19. The lowest BCUT2D eigenvalue weighted by Crippen LogP contribution is -2.53. The Morgan fingerprint density at radius 2 is 2.11 bits per heavy atom. The third-order valence-electron chi connectivity index (χ3n) is 4.12. The van der Waals surface area contributed by atoms with Crippen LogP contribution in [0.2, 0.25) is 4.34 Å². The van der Waals surface area contributed by atoms with Gasteiger partial charge >= 0.3 is 0 Å². The van der Waals surface area contributed by atoms with Gasteiger partial charge < -0.3 is 10.1 Å². The van der Waals surface area contributed by atoms with Gasteiger partial charge in [0.05, 0.1) is 9.94 Å². The highest BCUT2D eigenvalue weighted by Crippen LogP contribution is 2.36. The fraction of sp³-hybridized carbons (Fsp3) is 0.714. The maximum Gasteiger partial charge on any atom is 0.0931 e. The Morgan fingerprint density at radius 1 is 1.39 bits per heavy atom. The summed E-state index contributed by atoms with van der Waals surface area (Å²) in [6.07, 6.45) is 7.21. The summed E-state index contributed by atoms with van der Waals surface area (Å²) in [5.74, 6) is 0. The second-order valence-corrected chi connectivity index (χ2v) is 6.88. The van der Waals surface area contributed by atoms with E-state index in [0.29, 0.717) is 6.04 Å². The maximum atomic E-state index is 6.01. The molecule has 2 rings (SSSR count). The first-order valence-corrected chi connectivity index (χ1v) is 7.86. The fourth-order valence-electron chi connectivity index (χ4n) is 3.06. The molecule has 0 saturated heterocycles. The number of likely N-dealkylation sites (N-methyl/N-ethyl adjacent to an activating group) is 1. The summed E-state index contributed by atoms with van der Waals surface area (Å²) in [6.45, 7) is 0. The summed E-state index contributed by atoms with van der Waals surface area (Å²) in [7, 11) is 3.90. The van der Waals surface area contributed by atoms with E-state index < -0.39 is 0 Å². The van der Waals surface area contributed by atoms with Crippen molar-refractivity contribution in [2.45, 2.75) is 50.2 Å². The summed E-state index contributed by atoms with van der Waals surface area (Å²) in [5.41, 5.74) is 0.00344. The van der Waals surface area contributed by atoms with Gasteiger partial charge in [0.25, 0.3) is 0 Å². The zero-order valence-corrected chi connectivity index (χ0v) is 12.7. The van der Waals surface area contributed by atoms with Gasteiger partial charge in [-0.2, -0.15) is 0 Å². The molecule has 0 aromatic carbocycles. The molecule has 0 bridgehead atoms. The Bertz CT molecular complexity index is 374. The number of thiophene rings is 1. The predicted octanol–water partition coefficient (Wildman–Crippen LogP) is 3.88. The predicted molar refractivity (Wildman–Crippen MR) is 78.7 cm³/mol. The molecule has 1 N–H and O–H groups in total. The van der Waals surface area contributed by atoms with E-state index in [0.717, 1.165) is 23.6 Å². The summed E-state index contributed by atoms with van der Waals surface area (Å²) in [5, 5.41) is 3.46. The zero-order valence-electron chi connectivity index (χ0n) is 11.2. The minimum Gasteiger partial charge on any atom is -0.377 e. The van der Waals surface area contributed by atoms with Crippen LogP contribution in [0, 0.1) is 0 Å². The van der Waals surface area contributed by atoms with E-state index in [1.165, 1.54) is 24.1 Å². The molecule has 1 fully saturated rings. The largest absolute Gasteiger partial charge is 0.377 e. The van der Waals surface area contributed by atoms with Crippen molar-refractivity contribution in [1.29, 1.82) is 0 Å². The second-order valence-electron chi connectivity index (χ2n) is 5.08. The van der Waals surface area contributed by atoms with Crippen molar-refractivity contribution in [1.82, 2.24) is 5.32 Å². The molecule has 1 aromatic rings. The number of ether oxygens (including phenoxy) is 1.